The summed E-state index contributed by atoms with van der Waals surface area (Å²) < 4.78 is 0. The van der Waals surface area contributed by atoms with E-state index in [9.17, 15) is 4.79 Å². The van der Waals surface area contributed by atoms with Crippen molar-refractivity contribution in [2.45, 2.75) is 26.3 Å². The number of anilines is 1. The van der Waals surface area contributed by atoms with Crippen LogP contribution in [0.1, 0.15) is 29.3 Å². The number of aryl methyl sites for hydroxylation is 1. The molecule has 3 N–H and O–H groups in total. The van der Waals surface area contributed by atoms with Gasteiger partial charge in [-0.1, -0.05) is 11.6 Å². The van der Waals surface area contributed by atoms with Gasteiger partial charge in [0.05, 0.1) is 5.56 Å². The normalized spacial score (nSPS) is 20.6. The van der Waals surface area contributed by atoms with E-state index in [-0.39, 0.29) is 11.9 Å². The van der Waals surface area contributed by atoms with E-state index in [1.807, 2.05) is 30.0 Å². The number of hydrogen-bond acceptors (Lipinski definition) is 3. The van der Waals surface area contributed by atoms with Gasteiger partial charge in [-0.05, 0) is 38.9 Å². The van der Waals surface area contributed by atoms with Crippen molar-refractivity contribution in [1.82, 2.24) is 10.2 Å². The number of nitrogens with two attached hydrogens (primary N) is 1. The number of amides is 1. The van der Waals surface area contributed by atoms with Crippen LogP contribution in [0.3, 0.4) is 0 Å². The Morgan fingerprint density at radius 3 is 3.00 bits per heavy atom. The molecular formula is C14H21N3O. The van der Waals surface area contributed by atoms with E-state index in [1.54, 1.807) is 0 Å². The Balaban J connectivity index is 2.26. The van der Waals surface area contributed by atoms with Crippen LogP contribution < -0.4 is 11.1 Å². The maximum absolute atomic E-state index is 12.6. The van der Waals surface area contributed by atoms with Gasteiger partial charge in [-0.25, -0.2) is 0 Å². The van der Waals surface area contributed by atoms with E-state index in [4.69, 9.17) is 5.73 Å². The summed E-state index contributed by atoms with van der Waals surface area (Å²) in [5.41, 5.74) is 8.17. The van der Waals surface area contributed by atoms with E-state index >= 15 is 0 Å². The second kappa shape index (κ2) is 5.40. The van der Waals surface area contributed by atoms with E-state index in [1.165, 1.54) is 0 Å². The largest absolute Gasteiger partial charge is 0.398 e. The lowest BCUT2D eigenvalue weighted by Gasteiger charge is -2.27. The topological polar surface area (TPSA) is 58.4 Å². The van der Waals surface area contributed by atoms with Gasteiger partial charge in [0.2, 0.25) is 0 Å². The number of benzene rings is 1. The van der Waals surface area contributed by atoms with E-state index in [0.717, 1.165) is 31.6 Å². The SMILES string of the molecule is Cc1ccc(N)c(C(=O)N2CCNCCC2C)c1. The zero-order chi connectivity index (χ0) is 13.1. The van der Waals surface area contributed by atoms with Gasteiger partial charge in [0.25, 0.3) is 5.91 Å². The molecule has 1 unspecified atom stereocenters. The summed E-state index contributed by atoms with van der Waals surface area (Å²) in [4.78, 5) is 14.5. The molecule has 1 heterocycles. The van der Waals surface area contributed by atoms with Gasteiger partial charge < -0.3 is 16.0 Å². The molecule has 0 aromatic heterocycles. The van der Waals surface area contributed by atoms with E-state index < -0.39 is 0 Å². The minimum Gasteiger partial charge on any atom is -0.398 e. The van der Waals surface area contributed by atoms with Gasteiger partial charge in [-0.2, -0.15) is 0 Å². The Morgan fingerprint density at radius 1 is 1.44 bits per heavy atom. The minimum absolute atomic E-state index is 0.0485. The highest BCUT2D eigenvalue weighted by atomic mass is 16.2. The maximum Gasteiger partial charge on any atom is 0.256 e. The Bertz CT molecular complexity index is 445. The minimum atomic E-state index is 0.0485. The molecule has 2 rings (SSSR count). The molecule has 0 radical (unpaired) electrons. The van der Waals surface area contributed by atoms with Crippen molar-refractivity contribution >= 4 is 11.6 Å². The molecule has 0 aliphatic carbocycles. The van der Waals surface area contributed by atoms with Crippen molar-refractivity contribution in [1.29, 1.82) is 0 Å². The van der Waals surface area contributed by atoms with E-state index in [0.29, 0.717) is 11.3 Å². The van der Waals surface area contributed by atoms with Crippen LogP contribution >= 0.6 is 0 Å². The van der Waals surface area contributed by atoms with Crippen molar-refractivity contribution in [2.24, 2.45) is 0 Å². The monoisotopic (exact) mass is 247 g/mol. The van der Waals surface area contributed by atoms with Crippen molar-refractivity contribution in [2.75, 3.05) is 25.4 Å². The van der Waals surface area contributed by atoms with Gasteiger partial charge in [0.1, 0.15) is 0 Å². The van der Waals surface area contributed by atoms with Crippen molar-refractivity contribution in [3.8, 4) is 0 Å². The lowest BCUT2D eigenvalue weighted by atomic mass is 10.1. The third-order valence-electron chi connectivity index (χ3n) is 3.50. The number of carbonyl (C=O) groups is 1. The summed E-state index contributed by atoms with van der Waals surface area (Å²) in [6.45, 7) is 6.63. The maximum atomic E-state index is 12.6. The fourth-order valence-corrected chi connectivity index (χ4v) is 2.32. The van der Waals surface area contributed by atoms with Gasteiger partial charge in [-0.3, -0.25) is 4.79 Å². The quantitative estimate of drug-likeness (QED) is 0.738. The molecular weight excluding hydrogens is 226 g/mol. The first-order chi connectivity index (χ1) is 8.59. The van der Waals surface area contributed by atoms with Crippen LogP contribution in [0.25, 0.3) is 0 Å². The van der Waals surface area contributed by atoms with Crippen LogP contribution in [0.2, 0.25) is 0 Å². The van der Waals surface area contributed by atoms with Gasteiger partial charge in [0.15, 0.2) is 0 Å². The third-order valence-corrected chi connectivity index (χ3v) is 3.50. The molecule has 1 aromatic rings. The molecule has 1 amide bonds. The summed E-state index contributed by atoms with van der Waals surface area (Å²) >= 11 is 0. The van der Waals surface area contributed by atoms with E-state index in [2.05, 4.69) is 12.2 Å². The number of nitrogens with one attached hydrogen (secondary N) is 1. The smallest absolute Gasteiger partial charge is 0.256 e. The van der Waals surface area contributed by atoms with Crippen LogP contribution in [0.5, 0.6) is 0 Å². The molecule has 4 heteroatoms. The molecule has 98 valence electrons. The first-order valence-electron chi connectivity index (χ1n) is 6.47. The van der Waals surface area contributed by atoms with Crippen molar-refractivity contribution in [3.05, 3.63) is 29.3 Å². The third kappa shape index (κ3) is 2.64. The lowest BCUT2D eigenvalue weighted by Crippen LogP contribution is -2.40. The average Bonchev–Trinajstić information content (AvgIpc) is 2.56. The molecule has 4 nitrogen and oxygen atoms in total. The number of hydrogen-bond donors (Lipinski definition) is 2. The van der Waals surface area contributed by atoms with Crippen LogP contribution in [0, 0.1) is 6.92 Å². The molecule has 1 atom stereocenters. The first-order valence-corrected chi connectivity index (χ1v) is 6.47. The summed E-state index contributed by atoms with van der Waals surface area (Å²) in [6, 6.07) is 5.87. The van der Waals surface area contributed by atoms with Gasteiger partial charge in [-0.15, -0.1) is 0 Å². The number of nitrogen functional groups attached to an aromatic ring is 1. The Kier molecular flexibility index (Phi) is 3.87. The van der Waals surface area contributed by atoms with Gasteiger partial charge in [0, 0.05) is 24.8 Å². The molecule has 0 spiro atoms. The van der Waals surface area contributed by atoms with Crippen molar-refractivity contribution < 1.29 is 4.79 Å². The predicted molar refractivity (Wildman–Crippen MR) is 73.6 cm³/mol. The molecule has 0 bridgehead atoms. The fourth-order valence-electron chi connectivity index (χ4n) is 2.32. The van der Waals surface area contributed by atoms with Crippen LogP contribution in [-0.2, 0) is 0 Å². The Labute approximate surface area is 108 Å². The Hall–Kier alpha value is -1.55. The predicted octanol–water partition coefficient (Wildman–Crippen LogP) is 1.40. The molecule has 1 aliphatic heterocycles. The summed E-state index contributed by atoms with van der Waals surface area (Å²) in [6.07, 6.45) is 0.984. The summed E-state index contributed by atoms with van der Waals surface area (Å²) in [5, 5.41) is 3.31. The fraction of sp³-hybridized carbons (Fsp3) is 0.500. The highest BCUT2D eigenvalue weighted by Gasteiger charge is 2.24. The van der Waals surface area contributed by atoms with Gasteiger partial charge >= 0.3 is 0 Å². The van der Waals surface area contributed by atoms with Crippen LogP contribution in [0.4, 0.5) is 5.69 Å². The highest BCUT2D eigenvalue weighted by molar-refractivity contribution is 5.99. The number of rotatable bonds is 1. The average molecular weight is 247 g/mol. The molecule has 1 aromatic carbocycles. The zero-order valence-corrected chi connectivity index (χ0v) is 11.1. The molecule has 18 heavy (non-hydrogen) atoms. The second-order valence-corrected chi connectivity index (χ2v) is 4.98. The number of carbonyl (C=O) groups excluding carboxylic acids is 1. The summed E-state index contributed by atoms with van der Waals surface area (Å²) in [7, 11) is 0. The standard InChI is InChI=1S/C14H21N3O/c1-10-3-4-13(15)12(9-10)14(18)17-8-7-16-6-5-11(17)2/h3-4,9,11,16H,5-8,15H2,1-2H3. The van der Waals surface area contributed by atoms with Crippen LogP contribution in [0.15, 0.2) is 18.2 Å². The first kappa shape index (κ1) is 12.9. The number of nitrogens with zero attached hydrogens (tertiary/aromatic N) is 1. The zero-order valence-electron chi connectivity index (χ0n) is 11.1. The molecule has 1 saturated heterocycles. The molecule has 0 saturated carbocycles. The van der Waals surface area contributed by atoms with Crippen LogP contribution in [-0.4, -0.2) is 36.5 Å². The van der Waals surface area contributed by atoms with Crippen molar-refractivity contribution in [3.63, 3.8) is 0 Å². The highest BCUT2D eigenvalue weighted by Crippen LogP contribution is 2.18. The second-order valence-electron chi connectivity index (χ2n) is 4.98. The molecule has 1 fully saturated rings. The Morgan fingerprint density at radius 2 is 2.22 bits per heavy atom. The molecule has 1 aliphatic rings. The lowest BCUT2D eigenvalue weighted by molar-refractivity contribution is 0.0705. The summed E-state index contributed by atoms with van der Waals surface area (Å²) in [5.74, 6) is 0.0485.